The van der Waals surface area contributed by atoms with Crippen LogP contribution in [0.1, 0.15) is 16.1 Å². The van der Waals surface area contributed by atoms with Gasteiger partial charge < -0.3 is 15.8 Å². The maximum atomic E-state index is 11.6. The largest absolute Gasteiger partial charge is 0.507 e. The summed E-state index contributed by atoms with van der Waals surface area (Å²) in [6.45, 7) is 1.74. The van der Waals surface area contributed by atoms with E-state index in [9.17, 15) is 9.90 Å². The Morgan fingerprint density at radius 3 is 2.93 bits per heavy atom. The molecule has 4 N–H and O–H groups in total. The average molecular weight is 204 g/mol. The number of nitrogens with one attached hydrogen (secondary N) is 1. The van der Waals surface area contributed by atoms with E-state index >= 15 is 0 Å². The SMILES string of the molecule is Cc1[nH]c2cccc(O)c2c1C(=O)CN. The van der Waals surface area contributed by atoms with Gasteiger partial charge in [0.05, 0.1) is 23.0 Å². The van der Waals surface area contributed by atoms with Crippen LogP contribution in [0.25, 0.3) is 10.9 Å². The first-order valence-electron chi connectivity index (χ1n) is 4.68. The standard InChI is InChI=1S/C11H12N2O2/c1-6-10(9(15)5-12)11-7(13-6)3-2-4-8(11)14/h2-4,13-14H,5,12H2,1H3. The summed E-state index contributed by atoms with van der Waals surface area (Å²) in [6, 6.07) is 5.10. The number of aryl methyl sites for hydroxylation is 1. The summed E-state index contributed by atoms with van der Waals surface area (Å²) in [5.74, 6) is -0.0612. The Morgan fingerprint density at radius 1 is 1.53 bits per heavy atom. The molecule has 1 aromatic heterocycles. The number of ketones is 1. The second-order valence-corrected chi connectivity index (χ2v) is 3.45. The molecule has 4 heteroatoms. The molecule has 0 bridgehead atoms. The third-order valence-electron chi connectivity index (χ3n) is 2.45. The second-order valence-electron chi connectivity index (χ2n) is 3.45. The highest BCUT2D eigenvalue weighted by atomic mass is 16.3. The van der Waals surface area contributed by atoms with Crippen molar-refractivity contribution in [2.45, 2.75) is 6.92 Å². The van der Waals surface area contributed by atoms with Crippen LogP contribution >= 0.6 is 0 Å². The van der Waals surface area contributed by atoms with E-state index < -0.39 is 0 Å². The van der Waals surface area contributed by atoms with E-state index in [1.807, 2.05) is 6.07 Å². The number of hydrogen-bond acceptors (Lipinski definition) is 3. The molecule has 0 amide bonds. The molecule has 0 spiro atoms. The van der Waals surface area contributed by atoms with Crippen LogP contribution in [0.4, 0.5) is 0 Å². The fourth-order valence-electron chi connectivity index (χ4n) is 1.81. The van der Waals surface area contributed by atoms with Gasteiger partial charge >= 0.3 is 0 Å². The minimum Gasteiger partial charge on any atom is -0.507 e. The van der Waals surface area contributed by atoms with Gasteiger partial charge in [-0.2, -0.15) is 0 Å². The maximum absolute atomic E-state index is 11.6. The molecule has 0 aliphatic rings. The predicted molar refractivity (Wildman–Crippen MR) is 58.1 cm³/mol. The van der Waals surface area contributed by atoms with Crippen molar-refractivity contribution < 1.29 is 9.90 Å². The highest BCUT2D eigenvalue weighted by Crippen LogP contribution is 2.30. The third kappa shape index (κ3) is 1.39. The molecule has 78 valence electrons. The number of phenols is 1. The van der Waals surface area contributed by atoms with Crippen LogP contribution in [0.5, 0.6) is 5.75 Å². The Bertz CT molecular complexity index is 529. The number of carbonyl (C=O) groups excluding carboxylic acids is 1. The van der Waals surface area contributed by atoms with Crippen LogP contribution in [-0.2, 0) is 0 Å². The average Bonchev–Trinajstić information content (AvgIpc) is 2.55. The summed E-state index contributed by atoms with van der Waals surface area (Å²) in [7, 11) is 0. The Kier molecular flexibility index (Phi) is 2.21. The zero-order chi connectivity index (χ0) is 11.0. The summed E-state index contributed by atoms with van der Waals surface area (Å²) in [4.78, 5) is 14.7. The van der Waals surface area contributed by atoms with Crippen LogP contribution in [0.2, 0.25) is 0 Å². The molecular formula is C11H12N2O2. The highest BCUT2D eigenvalue weighted by molar-refractivity contribution is 6.11. The Hall–Kier alpha value is -1.81. The first kappa shape index (κ1) is 9.73. The molecule has 0 fully saturated rings. The molecule has 0 saturated heterocycles. The van der Waals surface area contributed by atoms with Gasteiger partial charge in [0.15, 0.2) is 5.78 Å². The number of hydrogen-bond donors (Lipinski definition) is 3. The van der Waals surface area contributed by atoms with E-state index in [1.165, 1.54) is 0 Å². The molecule has 4 nitrogen and oxygen atoms in total. The summed E-state index contributed by atoms with van der Waals surface area (Å²) in [5, 5.41) is 10.3. The lowest BCUT2D eigenvalue weighted by Crippen LogP contribution is -2.14. The molecule has 2 rings (SSSR count). The van der Waals surface area contributed by atoms with Crippen molar-refractivity contribution in [1.29, 1.82) is 0 Å². The van der Waals surface area contributed by atoms with Crippen molar-refractivity contribution >= 4 is 16.7 Å². The van der Waals surface area contributed by atoms with E-state index in [0.717, 1.165) is 11.2 Å². The van der Waals surface area contributed by atoms with E-state index in [2.05, 4.69) is 4.98 Å². The van der Waals surface area contributed by atoms with Gasteiger partial charge in [0.1, 0.15) is 5.75 Å². The number of aromatic hydroxyl groups is 1. The van der Waals surface area contributed by atoms with Gasteiger partial charge in [0.2, 0.25) is 0 Å². The Balaban J connectivity index is 2.82. The number of nitrogens with two attached hydrogens (primary N) is 1. The smallest absolute Gasteiger partial charge is 0.178 e. The molecule has 0 saturated carbocycles. The van der Waals surface area contributed by atoms with Gasteiger partial charge in [-0.1, -0.05) is 6.07 Å². The summed E-state index contributed by atoms with van der Waals surface area (Å²) >= 11 is 0. The monoisotopic (exact) mass is 204 g/mol. The van der Waals surface area contributed by atoms with E-state index in [4.69, 9.17) is 5.73 Å². The first-order chi connectivity index (χ1) is 7.15. The van der Waals surface area contributed by atoms with Crippen LogP contribution in [0.15, 0.2) is 18.2 Å². The molecule has 0 radical (unpaired) electrons. The van der Waals surface area contributed by atoms with Crippen molar-refractivity contribution in [2.75, 3.05) is 6.54 Å². The Morgan fingerprint density at radius 2 is 2.27 bits per heavy atom. The van der Waals surface area contributed by atoms with E-state index in [0.29, 0.717) is 10.9 Å². The number of fused-ring (bicyclic) bond motifs is 1. The number of aromatic nitrogens is 1. The van der Waals surface area contributed by atoms with Gasteiger partial charge in [-0.05, 0) is 19.1 Å². The fourth-order valence-corrected chi connectivity index (χ4v) is 1.81. The number of Topliss-reactive ketones (excluding diaryl/α,β-unsaturated/α-hetero) is 1. The summed E-state index contributed by atoms with van der Waals surface area (Å²) in [5.41, 5.74) is 7.31. The molecular weight excluding hydrogens is 192 g/mol. The molecule has 1 aromatic carbocycles. The van der Waals surface area contributed by atoms with Crippen LogP contribution in [0.3, 0.4) is 0 Å². The molecule has 0 aliphatic carbocycles. The summed E-state index contributed by atoms with van der Waals surface area (Å²) in [6.07, 6.45) is 0. The number of rotatable bonds is 2. The third-order valence-corrected chi connectivity index (χ3v) is 2.45. The fraction of sp³-hybridized carbons (Fsp3) is 0.182. The van der Waals surface area contributed by atoms with Gasteiger partial charge in [0.25, 0.3) is 0 Å². The quantitative estimate of drug-likeness (QED) is 0.645. The van der Waals surface area contributed by atoms with Crippen LogP contribution in [-0.4, -0.2) is 22.4 Å². The van der Waals surface area contributed by atoms with Crippen molar-refractivity contribution in [2.24, 2.45) is 5.73 Å². The maximum Gasteiger partial charge on any atom is 0.178 e. The zero-order valence-corrected chi connectivity index (χ0v) is 8.37. The molecule has 0 aliphatic heterocycles. The molecule has 0 atom stereocenters. The molecule has 1 heterocycles. The minimum atomic E-state index is -0.166. The number of aromatic amines is 1. The number of H-pyrrole nitrogens is 1. The van der Waals surface area contributed by atoms with E-state index in [1.54, 1.807) is 19.1 Å². The van der Waals surface area contributed by atoms with Gasteiger partial charge in [-0.3, -0.25) is 4.79 Å². The number of carbonyl (C=O) groups is 1. The summed E-state index contributed by atoms with van der Waals surface area (Å²) < 4.78 is 0. The Labute approximate surface area is 86.7 Å². The van der Waals surface area contributed by atoms with E-state index in [-0.39, 0.29) is 18.1 Å². The van der Waals surface area contributed by atoms with Gasteiger partial charge in [0, 0.05) is 5.69 Å². The van der Waals surface area contributed by atoms with Crippen molar-refractivity contribution in [3.05, 3.63) is 29.5 Å². The molecule has 15 heavy (non-hydrogen) atoms. The lowest BCUT2D eigenvalue weighted by Gasteiger charge is -1.99. The van der Waals surface area contributed by atoms with Crippen LogP contribution in [0, 0.1) is 6.92 Å². The molecule has 0 unspecified atom stereocenters. The highest BCUT2D eigenvalue weighted by Gasteiger charge is 2.16. The van der Waals surface area contributed by atoms with Crippen molar-refractivity contribution in [1.82, 2.24) is 4.98 Å². The first-order valence-corrected chi connectivity index (χ1v) is 4.68. The zero-order valence-electron chi connectivity index (χ0n) is 8.37. The minimum absolute atomic E-state index is 0.0534. The normalized spacial score (nSPS) is 10.8. The lowest BCUT2D eigenvalue weighted by molar-refractivity contribution is 0.100. The topological polar surface area (TPSA) is 79.1 Å². The lowest BCUT2D eigenvalue weighted by atomic mass is 10.1. The van der Waals surface area contributed by atoms with Gasteiger partial charge in [-0.15, -0.1) is 0 Å². The molecule has 2 aromatic rings. The van der Waals surface area contributed by atoms with Crippen LogP contribution < -0.4 is 5.73 Å². The second kappa shape index (κ2) is 3.40. The van der Waals surface area contributed by atoms with Crippen molar-refractivity contribution in [3.63, 3.8) is 0 Å². The number of phenolic OH excluding ortho intramolecular Hbond substituents is 1. The van der Waals surface area contributed by atoms with Crippen molar-refractivity contribution in [3.8, 4) is 5.75 Å². The van der Waals surface area contributed by atoms with Gasteiger partial charge in [-0.25, -0.2) is 0 Å². The number of benzene rings is 1. The predicted octanol–water partition coefficient (Wildman–Crippen LogP) is 1.32.